The monoisotopic (exact) mass is 445 g/mol. The summed E-state index contributed by atoms with van der Waals surface area (Å²) in [6.07, 6.45) is -3.92. The van der Waals surface area contributed by atoms with Crippen LogP contribution in [-0.4, -0.2) is 62.8 Å². The minimum Gasteiger partial charge on any atom is -0.766 e. The van der Waals surface area contributed by atoms with E-state index in [9.17, 15) is 24.5 Å². The highest BCUT2D eigenvalue weighted by molar-refractivity contribution is 7.49. The molecule has 6 N–H and O–H groups in total. The maximum absolute atomic E-state index is 12.1. The Morgan fingerprint density at radius 3 is 3.03 bits per heavy atom. The van der Waals surface area contributed by atoms with Crippen molar-refractivity contribution in [3.8, 4) is 0 Å². The number of aromatic nitrogens is 4. The molecule has 2 aromatic heterocycles. The SMILES string of the molecule is C[n+]1cn([C@@H]2O[C@H](COP(=O)([O-])NCCN=[N+]=[N-])C(O)C2O)c2nc(N)[nH]c(=O)c21. The van der Waals surface area contributed by atoms with Gasteiger partial charge in [-0.1, -0.05) is 5.11 Å². The van der Waals surface area contributed by atoms with Crippen LogP contribution in [0, 0.1) is 0 Å². The number of nitrogens with zero attached hydrogens (tertiary/aromatic N) is 6. The Morgan fingerprint density at radius 2 is 2.33 bits per heavy atom. The molecule has 1 fully saturated rings. The van der Waals surface area contributed by atoms with Crippen molar-refractivity contribution in [1.82, 2.24) is 19.6 Å². The molecule has 164 valence electrons. The summed E-state index contributed by atoms with van der Waals surface area (Å²) in [5.41, 5.74) is 13.5. The third kappa shape index (κ3) is 4.45. The van der Waals surface area contributed by atoms with Gasteiger partial charge in [-0.2, -0.15) is 9.55 Å². The number of aryl methyl sites for hydroxylation is 1. The van der Waals surface area contributed by atoms with Crippen LogP contribution < -0.4 is 25.8 Å². The largest absolute Gasteiger partial charge is 0.766 e. The maximum Gasteiger partial charge on any atom is 0.304 e. The normalized spacial score (nSPS) is 25.9. The summed E-state index contributed by atoms with van der Waals surface area (Å²) in [7, 11) is -2.94. The summed E-state index contributed by atoms with van der Waals surface area (Å²) in [5, 5.41) is 25.9. The van der Waals surface area contributed by atoms with Gasteiger partial charge in [-0.3, -0.25) is 19.4 Å². The zero-order valence-electron chi connectivity index (χ0n) is 15.7. The first-order chi connectivity index (χ1) is 14.1. The van der Waals surface area contributed by atoms with Crippen molar-refractivity contribution in [3.05, 3.63) is 27.1 Å². The molecular weight excluding hydrogens is 425 g/mol. The summed E-state index contributed by atoms with van der Waals surface area (Å²) in [6, 6.07) is 0. The van der Waals surface area contributed by atoms with Crippen molar-refractivity contribution in [3.63, 3.8) is 0 Å². The van der Waals surface area contributed by atoms with Gasteiger partial charge in [-0.05, 0) is 5.53 Å². The van der Waals surface area contributed by atoms with Gasteiger partial charge in [0, 0.05) is 18.0 Å². The Hall–Kier alpha value is -2.55. The van der Waals surface area contributed by atoms with E-state index in [1.807, 2.05) is 0 Å². The number of anilines is 1. The molecule has 3 unspecified atom stereocenters. The molecule has 0 spiro atoms. The van der Waals surface area contributed by atoms with Gasteiger partial charge in [-0.15, -0.1) is 0 Å². The number of azide groups is 1. The van der Waals surface area contributed by atoms with Gasteiger partial charge in [-0.25, -0.2) is 4.57 Å². The molecule has 17 heteroatoms. The van der Waals surface area contributed by atoms with Crippen LogP contribution in [0.25, 0.3) is 21.6 Å². The number of H-pyrrole nitrogens is 1. The van der Waals surface area contributed by atoms with Crippen LogP contribution in [0.2, 0.25) is 0 Å². The molecule has 0 aliphatic carbocycles. The molecule has 0 radical (unpaired) electrons. The maximum atomic E-state index is 12.1. The molecule has 0 amide bonds. The first kappa shape index (κ1) is 22.1. The predicted molar refractivity (Wildman–Crippen MR) is 97.4 cm³/mol. The molecule has 1 saturated heterocycles. The van der Waals surface area contributed by atoms with E-state index < -0.39 is 44.5 Å². The molecule has 1 aliphatic heterocycles. The number of hydrogen-bond donors (Lipinski definition) is 5. The van der Waals surface area contributed by atoms with E-state index in [0.29, 0.717) is 0 Å². The van der Waals surface area contributed by atoms with Crippen LogP contribution in [0.3, 0.4) is 0 Å². The number of aromatic amines is 1. The Labute approximate surface area is 168 Å². The van der Waals surface area contributed by atoms with Crippen LogP contribution in [0.15, 0.2) is 16.2 Å². The lowest BCUT2D eigenvalue weighted by Gasteiger charge is -2.25. The van der Waals surface area contributed by atoms with Crippen molar-refractivity contribution in [2.45, 2.75) is 24.5 Å². The molecule has 1 aliphatic rings. The second-order valence-electron chi connectivity index (χ2n) is 6.46. The van der Waals surface area contributed by atoms with E-state index in [1.165, 1.54) is 15.5 Å². The van der Waals surface area contributed by atoms with E-state index in [0.717, 1.165) is 0 Å². The zero-order valence-corrected chi connectivity index (χ0v) is 16.5. The molecule has 0 saturated carbocycles. The van der Waals surface area contributed by atoms with Crippen LogP contribution in [-0.2, 0) is 20.9 Å². The van der Waals surface area contributed by atoms with Crippen LogP contribution >= 0.6 is 7.75 Å². The van der Waals surface area contributed by atoms with Gasteiger partial charge in [0.2, 0.25) is 26.3 Å². The van der Waals surface area contributed by atoms with Crippen LogP contribution in [0.4, 0.5) is 5.95 Å². The number of hydrogen-bond acceptors (Lipinski definition) is 10. The summed E-state index contributed by atoms with van der Waals surface area (Å²) in [6.45, 7) is -0.869. The predicted octanol–water partition coefficient (Wildman–Crippen LogP) is -2.86. The Kier molecular flexibility index (Phi) is 6.40. The quantitative estimate of drug-likeness (QED) is 0.0694. The summed E-state index contributed by atoms with van der Waals surface area (Å²) >= 11 is 0. The number of fused-ring (bicyclic) bond motifs is 1. The van der Waals surface area contributed by atoms with E-state index in [4.69, 9.17) is 20.5 Å². The highest BCUT2D eigenvalue weighted by atomic mass is 31.2. The number of aliphatic hydroxyl groups excluding tert-OH is 2. The van der Waals surface area contributed by atoms with E-state index >= 15 is 0 Å². The number of rotatable bonds is 8. The van der Waals surface area contributed by atoms with E-state index in [2.05, 4.69) is 25.1 Å². The van der Waals surface area contributed by atoms with E-state index in [1.54, 1.807) is 7.05 Å². The smallest absolute Gasteiger partial charge is 0.304 e. The number of aliphatic hydroxyl groups is 2. The van der Waals surface area contributed by atoms with Gasteiger partial charge >= 0.3 is 5.56 Å². The summed E-state index contributed by atoms with van der Waals surface area (Å²) in [5.74, 6) is -0.153. The summed E-state index contributed by atoms with van der Waals surface area (Å²) in [4.78, 5) is 32.8. The summed E-state index contributed by atoms with van der Waals surface area (Å²) < 4.78 is 24.9. The lowest BCUT2D eigenvalue weighted by atomic mass is 10.1. The average Bonchev–Trinajstić information content (AvgIpc) is 3.14. The van der Waals surface area contributed by atoms with Gasteiger partial charge in [0.15, 0.2) is 0 Å². The van der Waals surface area contributed by atoms with Crippen molar-refractivity contribution >= 4 is 24.9 Å². The first-order valence-corrected chi connectivity index (χ1v) is 10.2. The fourth-order valence-electron chi connectivity index (χ4n) is 3.05. The fourth-order valence-corrected chi connectivity index (χ4v) is 3.86. The van der Waals surface area contributed by atoms with Crippen molar-refractivity contribution in [1.29, 1.82) is 0 Å². The Morgan fingerprint density at radius 1 is 1.60 bits per heavy atom. The van der Waals surface area contributed by atoms with Crippen molar-refractivity contribution < 1.29 is 33.5 Å². The first-order valence-electron chi connectivity index (χ1n) is 8.63. The van der Waals surface area contributed by atoms with E-state index in [-0.39, 0.29) is 30.2 Å². The minimum absolute atomic E-state index is 0.103. The molecule has 2 aromatic rings. The lowest BCUT2D eigenvalue weighted by molar-refractivity contribution is -0.646. The number of nitrogen functional groups attached to an aromatic ring is 1. The van der Waals surface area contributed by atoms with Crippen LogP contribution in [0.5, 0.6) is 0 Å². The number of ether oxygens (including phenoxy) is 1. The number of nitrogens with one attached hydrogen (secondary N) is 2. The average molecular weight is 445 g/mol. The highest BCUT2D eigenvalue weighted by Gasteiger charge is 2.48. The van der Waals surface area contributed by atoms with Gasteiger partial charge in [0.05, 0.1) is 13.7 Å². The fraction of sp³-hybridized carbons (Fsp3) is 0.615. The van der Waals surface area contributed by atoms with Crippen molar-refractivity contribution in [2.24, 2.45) is 12.2 Å². The van der Waals surface area contributed by atoms with Gasteiger partial charge in [0.1, 0.15) is 18.3 Å². The zero-order chi connectivity index (χ0) is 22.1. The topological polar surface area (TPSA) is 240 Å². The second kappa shape index (κ2) is 8.67. The third-order valence-corrected chi connectivity index (χ3v) is 5.49. The van der Waals surface area contributed by atoms with Gasteiger partial charge < -0.3 is 30.1 Å². The minimum atomic E-state index is -4.51. The standard InChI is InChI=1S/C13H20N9O7P/c1-21-5-22(10-7(21)11(25)19-13(14)18-10)12-9(24)8(23)6(29-12)4-28-30(26,27)17-3-2-16-20-15/h5-6,8-9,12,23-24H,2-4H2,1H3,(H4-,14,17,18,19,25,26,27)/t6-,8?,9?,12-/m1/s1. The van der Waals surface area contributed by atoms with Crippen molar-refractivity contribution in [2.75, 3.05) is 25.4 Å². The highest BCUT2D eigenvalue weighted by Crippen LogP contribution is 2.36. The van der Waals surface area contributed by atoms with Crippen LogP contribution in [0.1, 0.15) is 6.23 Å². The molecule has 16 nitrogen and oxygen atoms in total. The molecule has 3 heterocycles. The number of nitrogens with two attached hydrogens (primary N) is 1. The third-order valence-electron chi connectivity index (χ3n) is 4.39. The molecule has 0 aromatic carbocycles. The Balaban J connectivity index is 1.75. The lowest BCUT2D eigenvalue weighted by Crippen LogP contribution is -2.35. The molecule has 5 atom stereocenters. The molecule has 0 bridgehead atoms. The van der Waals surface area contributed by atoms with Gasteiger partial charge in [0.25, 0.3) is 11.2 Å². The second-order valence-corrected chi connectivity index (χ2v) is 8.03. The Bertz CT molecular complexity index is 1080. The molecule has 3 rings (SSSR count). The molecular formula is C13H20N9O7P. The molecule has 30 heavy (non-hydrogen) atoms. The number of imidazole rings is 1.